The van der Waals surface area contributed by atoms with Crippen molar-refractivity contribution in [3.05, 3.63) is 63.2 Å². The monoisotopic (exact) mass is 429 g/mol. The zero-order valence-electron chi connectivity index (χ0n) is 12.9. The molecule has 0 spiro atoms. The van der Waals surface area contributed by atoms with Gasteiger partial charge in [-0.1, -0.05) is 45.0 Å². The Hall–Kier alpha value is -0.920. The third kappa shape index (κ3) is 4.54. The summed E-state index contributed by atoms with van der Waals surface area (Å²) in [5, 5.41) is 0. The van der Waals surface area contributed by atoms with Gasteiger partial charge < -0.3 is 0 Å². The van der Waals surface area contributed by atoms with Crippen molar-refractivity contribution in [1.82, 2.24) is 4.72 Å². The Kier molecular flexibility index (Phi) is 5.29. The van der Waals surface area contributed by atoms with Gasteiger partial charge >= 0.3 is 0 Å². The molecule has 2 aromatic rings. The molecule has 0 amide bonds. The highest BCUT2D eigenvalue weighted by Crippen LogP contribution is 2.23. The maximum Gasteiger partial charge on any atom is 0.240 e. The zero-order valence-corrected chi connectivity index (χ0v) is 15.9. The van der Waals surface area contributed by atoms with E-state index in [1.165, 1.54) is 0 Å². The molecule has 0 aliphatic carbocycles. The van der Waals surface area contributed by atoms with Gasteiger partial charge in [-0.25, -0.2) is 13.1 Å². The molecule has 0 saturated heterocycles. The number of hydrogen-bond acceptors (Lipinski definition) is 2. The Morgan fingerprint density at radius 2 is 1.50 bits per heavy atom. The number of benzene rings is 2. The first kappa shape index (κ1) is 17.4. The minimum Gasteiger partial charge on any atom is -0.207 e. The molecule has 118 valence electrons. The van der Waals surface area contributed by atoms with Crippen molar-refractivity contribution in [2.45, 2.75) is 37.6 Å². The molecule has 22 heavy (non-hydrogen) atoms. The number of halogens is 1. The summed E-state index contributed by atoms with van der Waals surface area (Å²) in [6, 6.07) is 14.8. The topological polar surface area (TPSA) is 46.2 Å². The van der Waals surface area contributed by atoms with Crippen LogP contribution in [0.4, 0.5) is 0 Å². The fraction of sp³-hybridized carbons (Fsp3) is 0.294. The molecule has 0 radical (unpaired) electrons. The molecule has 0 bridgehead atoms. The Labute approximate surface area is 146 Å². The highest BCUT2D eigenvalue weighted by atomic mass is 127. The molecule has 5 heteroatoms. The van der Waals surface area contributed by atoms with Crippen molar-refractivity contribution in [3.63, 3.8) is 0 Å². The first-order chi connectivity index (χ1) is 10.2. The average molecular weight is 429 g/mol. The van der Waals surface area contributed by atoms with Gasteiger partial charge in [0, 0.05) is 10.1 Å². The summed E-state index contributed by atoms with van der Waals surface area (Å²) in [4.78, 5) is 0.297. The smallest absolute Gasteiger partial charge is 0.207 e. The van der Waals surface area contributed by atoms with Crippen LogP contribution in [0, 0.1) is 3.57 Å². The maximum absolute atomic E-state index is 12.3. The molecule has 0 saturated carbocycles. The second-order valence-electron chi connectivity index (χ2n) is 6.23. The first-order valence-corrected chi connectivity index (χ1v) is 9.59. The highest BCUT2D eigenvalue weighted by molar-refractivity contribution is 14.1. The van der Waals surface area contributed by atoms with Crippen LogP contribution < -0.4 is 4.72 Å². The van der Waals surface area contributed by atoms with Crippen LogP contribution in [0.5, 0.6) is 0 Å². The SMILES string of the molecule is CC(C)(C)c1ccc(S(=O)(=O)NCc2ccc(I)cc2)cc1. The molecule has 0 aliphatic rings. The van der Waals surface area contributed by atoms with E-state index in [0.717, 1.165) is 14.7 Å². The summed E-state index contributed by atoms with van der Waals surface area (Å²) in [6.07, 6.45) is 0. The van der Waals surface area contributed by atoms with Crippen molar-refractivity contribution in [1.29, 1.82) is 0 Å². The summed E-state index contributed by atoms with van der Waals surface area (Å²) in [7, 11) is -3.48. The van der Waals surface area contributed by atoms with Crippen LogP contribution in [-0.4, -0.2) is 8.42 Å². The molecule has 0 aromatic heterocycles. The summed E-state index contributed by atoms with van der Waals surface area (Å²) < 4.78 is 28.4. The zero-order chi connectivity index (χ0) is 16.4. The van der Waals surface area contributed by atoms with Gasteiger partial charge in [-0.2, -0.15) is 0 Å². The van der Waals surface area contributed by atoms with Crippen LogP contribution in [0.15, 0.2) is 53.4 Å². The average Bonchev–Trinajstić information content (AvgIpc) is 2.46. The molecule has 0 atom stereocenters. The minimum atomic E-state index is -3.48. The number of hydrogen-bond donors (Lipinski definition) is 1. The predicted octanol–water partition coefficient (Wildman–Crippen LogP) is 4.07. The summed E-state index contributed by atoms with van der Waals surface area (Å²) in [5.74, 6) is 0. The molecule has 0 aliphatic heterocycles. The lowest BCUT2D eigenvalue weighted by molar-refractivity contribution is 0.578. The second-order valence-corrected chi connectivity index (χ2v) is 9.24. The van der Waals surface area contributed by atoms with E-state index in [1.54, 1.807) is 12.1 Å². The van der Waals surface area contributed by atoms with E-state index in [9.17, 15) is 8.42 Å². The highest BCUT2D eigenvalue weighted by Gasteiger charge is 2.17. The molecular formula is C17H20INO2S. The van der Waals surface area contributed by atoms with E-state index in [4.69, 9.17) is 0 Å². The standard InChI is InChI=1S/C17H20INO2S/c1-17(2,3)14-6-10-16(11-7-14)22(20,21)19-12-13-4-8-15(18)9-5-13/h4-11,19H,12H2,1-3H3. The molecule has 0 unspecified atom stereocenters. The largest absolute Gasteiger partial charge is 0.240 e. The lowest BCUT2D eigenvalue weighted by Gasteiger charge is -2.19. The van der Waals surface area contributed by atoms with E-state index >= 15 is 0 Å². The van der Waals surface area contributed by atoms with Crippen LogP contribution >= 0.6 is 22.6 Å². The summed E-state index contributed by atoms with van der Waals surface area (Å²) in [5.41, 5.74) is 2.07. The molecule has 3 nitrogen and oxygen atoms in total. The first-order valence-electron chi connectivity index (χ1n) is 7.03. The fourth-order valence-electron chi connectivity index (χ4n) is 2.00. The maximum atomic E-state index is 12.3. The van der Waals surface area contributed by atoms with Gasteiger partial charge in [0.25, 0.3) is 0 Å². The molecule has 0 fully saturated rings. The van der Waals surface area contributed by atoms with Gasteiger partial charge in [0.05, 0.1) is 4.90 Å². The molecule has 1 N–H and O–H groups in total. The van der Waals surface area contributed by atoms with Crippen LogP contribution in [0.1, 0.15) is 31.9 Å². The quantitative estimate of drug-likeness (QED) is 0.745. The Balaban J connectivity index is 2.11. The number of sulfonamides is 1. The molecular weight excluding hydrogens is 409 g/mol. The minimum absolute atomic E-state index is 0.0108. The van der Waals surface area contributed by atoms with Gasteiger partial charge in [0.1, 0.15) is 0 Å². The third-order valence-electron chi connectivity index (χ3n) is 3.41. The van der Waals surface area contributed by atoms with Crippen LogP contribution in [0.3, 0.4) is 0 Å². The normalized spacial score (nSPS) is 12.4. The van der Waals surface area contributed by atoms with Crippen molar-refractivity contribution in [3.8, 4) is 0 Å². The molecule has 0 heterocycles. The van der Waals surface area contributed by atoms with Crippen molar-refractivity contribution in [2.75, 3.05) is 0 Å². The van der Waals surface area contributed by atoms with E-state index < -0.39 is 10.0 Å². The van der Waals surface area contributed by atoms with Crippen molar-refractivity contribution >= 4 is 32.6 Å². The summed E-state index contributed by atoms with van der Waals surface area (Å²) >= 11 is 2.22. The van der Waals surface area contributed by atoms with Gasteiger partial charge in [-0.3, -0.25) is 0 Å². The molecule has 2 aromatic carbocycles. The van der Waals surface area contributed by atoms with Crippen LogP contribution in [0.25, 0.3) is 0 Å². The van der Waals surface area contributed by atoms with E-state index in [2.05, 4.69) is 48.1 Å². The van der Waals surface area contributed by atoms with Crippen LogP contribution in [-0.2, 0) is 22.0 Å². The van der Waals surface area contributed by atoms with E-state index in [0.29, 0.717) is 11.4 Å². The van der Waals surface area contributed by atoms with Crippen molar-refractivity contribution in [2.24, 2.45) is 0 Å². The predicted molar refractivity (Wildman–Crippen MR) is 98.3 cm³/mol. The van der Waals surface area contributed by atoms with E-state index in [1.807, 2.05) is 36.4 Å². The fourth-order valence-corrected chi connectivity index (χ4v) is 3.38. The Bertz CT molecular complexity index is 730. The van der Waals surface area contributed by atoms with E-state index in [-0.39, 0.29) is 5.41 Å². The lowest BCUT2D eigenvalue weighted by Crippen LogP contribution is -2.23. The lowest BCUT2D eigenvalue weighted by atomic mass is 9.87. The van der Waals surface area contributed by atoms with Gasteiger partial charge in [0.2, 0.25) is 10.0 Å². The second kappa shape index (κ2) is 6.68. The third-order valence-corrected chi connectivity index (χ3v) is 5.55. The number of nitrogens with one attached hydrogen (secondary N) is 1. The van der Waals surface area contributed by atoms with Gasteiger partial charge in [-0.05, 0) is 63.4 Å². The molecule has 2 rings (SSSR count). The Morgan fingerprint density at radius 1 is 0.955 bits per heavy atom. The Morgan fingerprint density at radius 3 is 2.00 bits per heavy atom. The summed E-state index contributed by atoms with van der Waals surface area (Å²) in [6.45, 7) is 6.60. The van der Waals surface area contributed by atoms with Crippen LogP contribution in [0.2, 0.25) is 0 Å². The number of rotatable bonds is 4. The van der Waals surface area contributed by atoms with Gasteiger partial charge in [0.15, 0.2) is 0 Å². The van der Waals surface area contributed by atoms with Gasteiger partial charge in [-0.15, -0.1) is 0 Å². The van der Waals surface area contributed by atoms with Crippen molar-refractivity contribution < 1.29 is 8.42 Å².